The third kappa shape index (κ3) is 3.47. The summed E-state index contributed by atoms with van der Waals surface area (Å²) in [7, 11) is 0. The molecule has 1 aromatic heterocycles. The Hall–Kier alpha value is -1.55. The molecule has 1 heterocycles. The fourth-order valence-corrected chi connectivity index (χ4v) is 3.05. The van der Waals surface area contributed by atoms with Crippen molar-refractivity contribution < 1.29 is 4.79 Å². The molecule has 0 aliphatic rings. The van der Waals surface area contributed by atoms with Crippen LogP contribution in [0.2, 0.25) is 0 Å². The zero-order valence-electron chi connectivity index (χ0n) is 11.5. The Morgan fingerprint density at radius 3 is 2.84 bits per heavy atom. The molecule has 3 nitrogen and oxygen atoms in total. The van der Waals surface area contributed by atoms with Gasteiger partial charge in [0, 0.05) is 17.8 Å². The van der Waals surface area contributed by atoms with Crippen LogP contribution in [0.1, 0.15) is 25.0 Å². The van der Waals surface area contributed by atoms with Gasteiger partial charge in [-0.1, -0.05) is 19.1 Å². The van der Waals surface area contributed by atoms with Crippen molar-refractivity contribution in [2.24, 2.45) is 0 Å². The SMILES string of the molecule is CCNC(=O)NCCc1csc2ccc(CC)cc12. The smallest absolute Gasteiger partial charge is 0.314 e. The Bertz CT molecular complexity index is 562. The third-order valence-electron chi connectivity index (χ3n) is 3.14. The monoisotopic (exact) mass is 276 g/mol. The molecule has 0 atom stereocenters. The molecule has 19 heavy (non-hydrogen) atoms. The van der Waals surface area contributed by atoms with E-state index in [2.05, 4.69) is 41.1 Å². The van der Waals surface area contributed by atoms with Crippen LogP contribution < -0.4 is 10.6 Å². The summed E-state index contributed by atoms with van der Waals surface area (Å²) in [5.41, 5.74) is 2.69. The van der Waals surface area contributed by atoms with Crippen LogP contribution in [0.25, 0.3) is 10.1 Å². The van der Waals surface area contributed by atoms with Gasteiger partial charge in [0.05, 0.1) is 0 Å². The topological polar surface area (TPSA) is 41.1 Å². The molecule has 0 bridgehead atoms. The summed E-state index contributed by atoms with van der Waals surface area (Å²) in [5, 5.41) is 9.14. The van der Waals surface area contributed by atoms with Crippen molar-refractivity contribution in [1.29, 1.82) is 0 Å². The van der Waals surface area contributed by atoms with E-state index in [1.54, 1.807) is 11.3 Å². The highest BCUT2D eigenvalue weighted by atomic mass is 32.1. The number of urea groups is 1. The molecule has 0 aliphatic heterocycles. The number of carbonyl (C=O) groups is 1. The highest BCUT2D eigenvalue weighted by Gasteiger charge is 2.05. The average Bonchev–Trinajstić information content (AvgIpc) is 2.81. The third-order valence-corrected chi connectivity index (χ3v) is 4.16. The molecule has 2 N–H and O–H groups in total. The number of rotatable bonds is 5. The second-order valence-corrected chi connectivity index (χ2v) is 5.39. The molecule has 0 radical (unpaired) electrons. The number of fused-ring (bicyclic) bond motifs is 1. The lowest BCUT2D eigenvalue weighted by atomic mass is 10.1. The van der Waals surface area contributed by atoms with E-state index < -0.39 is 0 Å². The molecule has 0 saturated carbocycles. The summed E-state index contributed by atoms with van der Waals surface area (Å²) in [4.78, 5) is 11.3. The zero-order chi connectivity index (χ0) is 13.7. The number of benzene rings is 1. The first-order valence-corrected chi connectivity index (χ1v) is 7.63. The van der Waals surface area contributed by atoms with Crippen LogP contribution in [0, 0.1) is 0 Å². The molecule has 0 spiro atoms. The van der Waals surface area contributed by atoms with Gasteiger partial charge >= 0.3 is 6.03 Å². The lowest BCUT2D eigenvalue weighted by Crippen LogP contribution is -2.36. The van der Waals surface area contributed by atoms with Crippen molar-refractivity contribution in [2.45, 2.75) is 26.7 Å². The van der Waals surface area contributed by atoms with Crippen LogP contribution in [0.4, 0.5) is 4.79 Å². The van der Waals surface area contributed by atoms with Gasteiger partial charge in [-0.3, -0.25) is 0 Å². The number of carbonyl (C=O) groups excluding carboxylic acids is 1. The van der Waals surface area contributed by atoms with E-state index in [-0.39, 0.29) is 6.03 Å². The highest BCUT2D eigenvalue weighted by molar-refractivity contribution is 7.17. The van der Waals surface area contributed by atoms with Gasteiger partial charge in [0.15, 0.2) is 0 Å². The van der Waals surface area contributed by atoms with E-state index >= 15 is 0 Å². The van der Waals surface area contributed by atoms with Crippen LogP contribution in [0.3, 0.4) is 0 Å². The van der Waals surface area contributed by atoms with Gasteiger partial charge in [-0.2, -0.15) is 0 Å². The number of hydrogen-bond donors (Lipinski definition) is 2. The van der Waals surface area contributed by atoms with Crippen LogP contribution in [0.15, 0.2) is 23.6 Å². The van der Waals surface area contributed by atoms with Gasteiger partial charge in [0.25, 0.3) is 0 Å². The molecule has 4 heteroatoms. The minimum Gasteiger partial charge on any atom is -0.338 e. The van der Waals surface area contributed by atoms with Crippen molar-refractivity contribution in [2.75, 3.05) is 13.1 Å². The van der Waals surface area contributed by atoms with Crippen LogP contribution in [-0.2, 0) is 12.8 Å². The lowest BCUT2D eigenvalue weighted by molar-refractivity contribution is 0.241. The predicted molar refractivity (Wildman–Crippen MR) is 82.0 cm³/mol. The number of hydrogen-bond acceptors (Lipinski definition) is 2. The van der Waals surface area contributed by atoms with Crippen molar-refractivity contribution in [3.63, 3.8) is 0 Å². The first-order valence-electron chi connectivity index (χ1n) is 6.75. The van der Waals surface area contributed by atoms with Crippen LogP contribution in [-0.4, -0.2) is 19.1 Å². The van der Waals surface area contributed by atoms with E-state index in [9.17, 15) is 4.79 Å². The van der Waals surface area contributed by atoms with Crippen molar-refractivity contribution in [3.8, 4) is 0 Å². The number of amides is 2. The second kappa shape index (κ2) is 6.57. The Morgan fingerprint density at radius 1 is 1.26 bits per heavy atom. The number of thiophene rings is 1. The first kappa shape index (κ1) is 13.9. The van der Waals surface area contributed by atoms with Gasteiger partial charge < -0.3 is 10.6 Å². The second-order valence-electron chi connectivity index (χ2n) is 4.48. The predicted octanol–water partition coefficient (Wildman–Crippen LogP) is 3.33. The molecule has 102 valence electrons. The van der Waals surface area contributed by atoms with Crippen LogP contribution >= 0.6 is 11.3 Å². The summed E-state index contributed by atoms with van der Waals surface area (Å²) in [6.07, 6.45) is 1.94. The Labute approximate surface area is 118 Å². The molecular weight excluding hydrogens is 256 g/mol. The van der Waals surface area contributed by atoms with Gasteiger partial charge in [-0.25, -0.2) is 4.79 Å². The van der Waals surface area contributed by atoms with Crippen molar-refractivity contribution >= 4 is 27.5 Å². The van der Waals surface area contributed by atoms with E-state index in [1.807, 2.05) is 6.92 Å². The average molecular weight is 276 g/mol. The normalized spacial score (nSPS) is 10.6. The number of aryl methyl sites for hydroxylation is 1. The lowest BCUT2D eigenvalue weighted by Gasteiger charge is -2.05. The molecule has 0 aliphatic carbocycles. The van der Waals surface area contributed by atoms with E-state index in [0.29, 0.717) is 13.1 Å². The maximum atomic E-state index is 11.3. The Balaban J connectivity index is 2.02. The van der Waals surface area contributed by atoms with Gasteiger partial charge in [0.1, 0.15) is 0 Å². The molecule has 0 fully saturated rings. The quantitative estimate of drug-likeness (QED) is 0.864. The molecule has 0 unspecified atom stereocenters. The summed E-state index contributed by atoms with van der Waals surface area (Å²) in [6, 6.07) is 6.57. The standard InChI is InChI=1S/C15H20N2OS/c1-3-11-5-6-14-13(9-11)12(10-19-14)7-8-17-15(18)16-4-2/h5-6,9-10H,3-4,7-8H2,1-2H3,(H2,16,17,18). The van der Waals surface area contributed by atoms with E-state index in [4.69, 9.17) is 0 Å². The summed E-state index contributed by atoms with van der Waals surface area (Å²) < 4.78 is 1.32. The van der Waals surface area contributed by atoms with Crippen molar-refractivity contribution in [3.05, 3.63) is 34.7 Å². The van der Waals surface area contributed by atoms with Crippen LogP contribution in [0.5, 0.6) is 0 Å². The first-order chi connectivity index (χ1) is 9.24. The summed E-state index contributed by atoms with van der Waals surface area (Å²) in [5.74, 6) is 0. The molecule has 2 aromatic rings. The maximum absolute atomic E-state index is 11.3. The summed E-state index contributed by atoms with van der Waals surface area (Å²) in [6.45, 7) is 5.42. The summed E-state index contributed by atoms with van der Waals surface area (Å²) >= 11 is 1.77. The van der Waals surface area contributed by atoms with E-state index in [1.165, 1.54) is 21.2 Å². The molecule has 1 aromatic carbocycles. The van der Waals surface area contributed by atoms with Gasteiger partial charge in [-0.15, -0.1) is 11.3 Å². The Kier molecular flexibility index (Phi) is 4.80. The number of nitrogens with one attached hydrogen (secondary N) is 2. The van der Waals surface area contributed by atoms with Crippen molar-refractivity contribution in [1.82, 2.24) is 10.6 Å². The molecule has 0 saturated heterocycles. The highest BCUT2D eigenvalue weighted by Crippen LogP contribution is 2.27. The molecule has 2 amide bonds. The minimum atomic E-state index is -0.0868. The zero-order valence-corrected chi connectivity index (χ0v) is 12.3. The fraction of sp³-hybridized carbons (Fsp3) is 0.400. The fourth-order valence-electron chi connectivity index (χ4n) is 2.08. The van der Waals surface area contributed by atoms with Gasteiger partial charge in [0.2, 0.25) is 0 Å². The molecular formula is C15H20N2OS. The Morgan fingerprint density at radius 2 is 2.11 bits per heavy atom. The van der Waals surface area contributed by atoms with E-state index in [0.717, 1.165) is 12.8 Å². The minimum absolute atomic E-state index is 0.0868. The largest absolute Gasteiger partial charge is 0.338 e. The maximum Gasteiger partial charge on any atom is 0.314 e. The molecule has 2 rings (SSSR count). The van der Waals surface area contributed by atoms with Gasteiger partial charge in [-0.05, 0) is 47.7 Å².